The minimum absolute atomic E-state index is 0.133. The lowest BCUT2D eigenvalue weighted by Crippen LogP contribution is -2.08. The number of hydrogen-bond donors (Lipinski definition) is 0. The predicted molar refractivity (Wildman–Crippen MR) is 111 cm³/mol. The van der Waals surface area contributed by atoms with Gasteiger partial charge in [-0.1, -0.05) is 66.5 Å². The van der Waals surface area contributed by atoms with Crippen LogP contribution in [0.2, 0.25) is 5.02 Å². The molecule has 1 aliphatic carbocycles. The van der Waals surface area contributed by atoms with E-state index in [0.717, 1.165) is 29.4 Å². The second-order valence-electron chi connectivity index (χ2n) is 6.77. The molecular formula is C20H19ClN4O2S. The van der Waals surface area contributed by atoms with Crippen molar-refractivity contribution in [1.82, 2.24) is 14.8 Å². The molecule has 0 bridgehead atoms. The zero-order valence-corrected chi connectivity index (χ0v) is 16.7. The van der Waals surface area contributed by atoms with Crippen LogP contribution in [0, 0.1) is 10.1 Å². The van der Waals surface area contributed by atoms with E-state index in [2.05, 4.69) is 14.8 Å². The first-order chi connectivity index (χ1) is 13.6. The minimum Gasteiger partial charge on any atom is -0.299 e. The Labute approximate surface area is 172 Å². The Kier molecular flexibility index (Phi) is 5.64. The number of nitro groups is 1. The molecule has 0 radical (unpaired) electrons. The van der Waals surface area contributed by atoms with Crippen molar-refractivity contribution in [2.24, 2.45) is 0 Å². The van der Waals surface area contributed by atoms with E-state index in [9.17, 15) is 10.1 Å². The molecule has 0 unspecified atom stereocenters. The smallest absolute Gasteiger partial charge is 0.273 e. The summed E-state index contributed by atoms with van der Waals surface area (Å²) in [6.45, 7) is 0. The van der Waals surface area contributed by atoms with E-state index in [1.54, 1.807) is 12.1 Å². The van der Waals surface area contributed by atoms with Gasteiger partial charge in [-0.2, -0.15) is 0 Å². The van der Waals surface area contributed by atoms with Crippen molar-refractivity contribution in [2.75, 3.05) is 0 Å². The number of hydrogen-bond acceptors (Lipinski definition) is 5. The molecule has 0 spiro atoms. The van der Waals surface area contributed by atoms with Crippen LogP contribution in [0.5, 0.6) is 0 Å². The highest BCUT2D eigenvalue weighted by Crippen LogP contribution is 2.39. The van der Waals surface area contributed by atoms with Gasteiger partial charge in [0, 0.05) is 29.0 Å². The fourth-order valence-corrected chi connectivity index (χ4v) is 4.87. The van der Waals surface area contributed by atoms with Crippen molar-refractivity contribution in [3.8, 4) is 11.4 Å². The van der Waals surface area contributed by atoms with E-state index in [1.165, 1.54) is 30.7 Å². The summed E-state index contributed by atoms with van der Waals surface area (Å²) >= 11 is 7.89. The number of nitrogens with zero attached hydrogens (tertiary/aromatic N) is 4. The van der Waals surface area contributed by atoms with Gasteiger partial charge in [0.25, 0.3) is 5.69 Å². The zero-order chi connectivity index (χ0) is 19.5. The number of halogens is 1. The second kappa shape index (κ2) is 8.32. The van der Waals surface area contributed by atoms with Crippen LogP contribution in [0.1, 0.15) is 37.3 Å². The minimum atomic E-state index is -0.341. The molecule has 0 N–H and O–H groups in total. The average molecular weight is 415 g/mol. The monoisotopic (exact) mass is 414 g/mol. The SMILES string of the molecule is O=[N+]([O-])c1ccccc1CSc1nnc(-c2ccccc2Cl)n1C1CCCC1. The Bertz CT molecular complexity index is 1000. The molecule has 3 aromatic rings. The summed E-state index contributed by atoms with van der Waals surface area (Å²) in [6, 6.07) is 14.8. The standard InChI is InChI=1S/C20H19ClN4O2S/c21-17-11-5-4-10-16(17)19-22-23-20(24(19)15-8-2-3-9-15)28-13-14-7-1-6-12-18(14)25(26)27/h1,4-7,10-12,15H,2-3,8-9,13H2. The number of para-hydroxylation sites is 1. The molecule has 6 nitrogen and oxygen atoms in total. The highest BCUT2D eigenvalue weighted by Gasteiger charge is 2.26. The Morgan fingerprint density at radius 1 is 1.11 bits per heavy atom. The van der Waals surface area contributed by atoms with Gasteiger partial charge in [0.2, 0.25) is 0 Å². The molecule has 0 saturated heterocycles. The predicted octanol–water partition coefficient (Wildman–Crippen LogP) is 5.91. The maximum Gasteiger partial charge on any atom is 0.273 e. The van der Waals surface area contributed by atoms with Crippen LogP contribution in [-0.4, -0.2) is 19.7 Å². The molecule has 1 saturated carbocycles. The summed E-state index contributed by atoms with van der Waals surface area (Å²) < 4.78 is 2.17. The van der Waals surface area contributed by atoms with Crippen LogP contribution in [0.25, 0.3) is 11.4 Å². The third-order valence-electron chi connectivity index (χ3n) is 5.01. The summed E-state index contributed by atoms with van der Waals surface area (Å²) in [5.74, 6) is 1.23. The summed E-state index contributed by atoms with van der Waals surface area (Å²) in [5.41, 5.74) is 1.67. The quantitative estimate of drug-likeness (QED) is 0.284. The lowest BCUT2D eigenvalue weighted by Gasteiger charge is -2.17. The van der Waals surface area contributed by atoms with Crippen molar-refractivity contribution in [1.29, 1.82) is 0 Å². The molecule has 1 fully saturated rings. The molecule has 144 valence electrons. The maximum atomic E-state index is 11.3. The number of aromatic nitrogens is 3. The highest BCUT2D eigenvalue weighted by molar-refractivity contribution is 7.98. The van der Waals surface area contributed by atoms with Crippen LogP contribution in [0.4, 0.5) is 5.69 Å². The first-order valence-electron chi connectivity index (χ1n) is 9.20. The van der Waals surface area contributed by atoms with E-state index in [1.807, 2.05) is 30.3 Å². The number of nitro benzene ring substituents is 1. The van der Waals surface area contributed by atoms with Gasteiger partial charge >= 0.3 is 0 Å². The van der Waals surface area contributed by atoms with Crippen LogP contribution >= 0.6 is 23.4 Å². The number of rotatable bonds is 6. The number of benzene rings is 2. The van der Waals surface area contributed by atoms with Crippen LogP contribution < -0.4 is 0 Å². The van der Waals surface area contributed by atoms with Gasteiger partial charge in [-0.25, -0.2) is 0 Å². The first kappa shape index (κ1) is 19.0. The Hall–Kier alpha value is -2.38. The molecule has 1 aromatic heterocycles. The van der Waals surface area contributed by atoms with Gasteiger partial charge in [-0.15, -0.1) is 10.2 Å². The third kappa shape index (κ3) is 3.77. The molecule has 8 heteroatoms. The molecule has 1 aliphatic rings. The Balaban J connectivity index is 1.68. The van der Waals surface area contributed by atoms with E-state index in [0.29, 0.717) is 22.4 Å². The lowest BCUT2D eigenvalue weighted by molar-refractivity contribution is -0.385. The summed E-state index contributed by atoms with van der Waals surface area (Å²) in [6.07, 6.45) is 4.52. The fraction of sp³-hybridized carbons (Fsp3) is 0.300. The molecular weight excluding hydrogens is 396 g/mol. The van der Waals surface area contributed by atoms with Gasteiger partial charge in [0.15, 0.2) is 11.0 Å². The largest absolute Gasteiger partial charge is 0.299 e. The molecule has 4 rings (SSSR count). The molecule has 0 atom stereocenters. The number of thioether (sulfide) groups is 1. The van der Waals surface area contributed by atoms with Crippen LogP contribution in [-0.2, 0) is 5.75 Å². The van der Waals surface area contributed by atoms with E-state index in [-0.39, 0.29) is 10.6 Å². The second-order valence-corrected chi connectivity index (χ2v) is 8.12. The summed E-state index contributed by atoms with van der Waals surface area (Å²) in [5, 5.41) is 21.6. The van der Waals surface area contributed by atoms with Crippen molar-refractivity contribution < 1.29 is 4.92 Å². The molecule has 0 amide bonds. The fourth-order valence-electron chi connectivity index (χ4n) is 3.65. The first-order valence-corrected chi connectivity index (χ1v) is 10.6. The molecule has 1 heterocycles. The van der Waals surface area contributed by atoms with Crippen LogP contribution in [0.3, 0.4) is 0 Å². The topological polar surface area (TPSA) is 73.8 Å². The van der Waals surface area contributed by atoms with Crippen LogP contribution in [0.15, 0.2) is 53.7 Å². The average Bonchev–Trinajstić information content (AvgIpc) is 3.36. The Morgan fingerprint density at radius 2 is 1.82 bits per heavy atom. The van der Waals surface area contributed by atoms with E-state index in [4.69, 9.17) is 11.6 Å². The Morgan fingerprint density at radius 3 is 2.57 bits per heavy atom. The molecule has 0 aliphatic heterocycles. The zero-order valence-electron chi connectivity index (χ0n) is 15.1. The highest BCUT2D eigenvalue weighted by atomic mass is 35.5. The van der Waals surface area contributed by atoms with Crippen molar-refractivity contribution in [3.63, 3.8) is 0 Å². The van der Waals surface area contributed by atoms with Gasteiger partial charge in [-0.05, 0) is 25.0 Å². The van der Waals surface area contributed by atoms with Crippen molar-refractivity contribution >= 4 is 29.1 Å². The summed E-state index contributed by atoms with van der Waals surface area (Å²) in [4.78, 5) is 10.9. The van der Waals surface area contributed by atoms with Gasteiger partial charge < -0.3 is 0 Å². The summed E-state index contributed by atoms with van der Waals surface area (Å²) in [7, 11) is 0. The lowest BCUT2D eigenvalue weighted by atomic mass is 10.2. The van der Waals surface area contributed by atoms with E-state index < -0.39 is 0 Å². The van der Waals surface area contributed by atoms with Gasteiger partial charge in [-0.3, -0.25) is 14.7 Å². The van der Waals surface area contributed by atoms with Gasteiger partial charge in [0.1, 0.15) is 0 Å². The van der Waals surface area contributed by atoms with Crippen molar-refractivity contribution in [2.45, 2.75) is 42.6 Å². The van der Waals surface area contributed by atoms with Crippen molar-refractivity contribution in [3.05, 3.63) is 69.2 Å². The third-order valence-corrected chi connectivity index (χ3v) is 6.34. The normalized spacial score (nSPS) is 14.5. The maximum absolute atomic E-state index is 11.3. The molecule has 2 aromatic carbocycles. The van der Waals surface area contributed by atoms with Gasteiger partial charge in [0.05, 0.1) is 9.95 Å². The van der Waals surface area contributed by atoms with E-state index >= 15 is 0 Å². The molecule has 28 heavy (non-hydrogen) atoms.